The third-order valence-electron chi connectivity index (χ3n) is 4.29. The van der Waals surface area contributed by atoms with Gasteiger partial charge in [-0.15, -0.1) is 0 Å². The summed E-state index contributed by atoms with van der Waals surface area (Å²) in [6.45, 7) is 0.293. The number of hydrogen-bond acceptors (Lipinski definition) is 3. The first-order valence-corrected chi connectivity index (χ1v) is 7.80. The molecule has 4 rings (SSSR count). The van der Waals surface area contributed by atoms with Gasteiger partial charge in [-0.3, -0.25) is 4.65 Å². The second-order valence-corrected chi connectivity index (χ2v) is 5.78. The van der Waals surface area contributed by atoms with Gasteiger partial charge in [-0.25, -0.2) is 0 Å². The highest BCUT2D eigenvalue weighted by molar-refractivity contribution is 5.74. The molecule has 4 heteroatoms. The minimum Gasteiger partial charge on any atom is -0.621 e. The molecule has 3 aromatic rings. The van der Waals surface area contributed by atoms with E-state index in [1.807, 2.05) is 72.8 Å². The lowest BCUT2D eigenvalue weighted by Crippen LogP contribution is -2.38. The fourth-order valence-electron chi connectivity index (χ4n) is 3.09. The number of fused-ring (bicyclic) bond motifs is 2. The number of benzene rings is 3. The minimum atomic E-state index is -0.571. The number of para-hydroxylation sites is 4. The second kappa shape index (κ2) is 5.67. The van der Waals surface area contributed by atoms with Crippen LogP contribution in [-0.2, 0) is 6.54 Å². The van der Waals surface area contributed by atoms with E-state index in [1.54, 1.807) is 7.11 Å². The third-order valence-corrected chi connectivity index (χ3v) is 4.29. The van der Waals surface area contributed by atoms with E-state index in [0.29, 0.717) is 29.4 Å². The van der Waals surface area contributed by atoms with Gasteiger partial charge in [0, 0.05) is 17.7 Å². The molecule has 0 spiro atoms. The molecule has 3 aromatic carbocycles. The Bertz CT molecular complexity index is 829. The van der Waals surface area contributed by atoms with Gasteiger partial charge in [-0.2, -0.15) is 0 Å². The van der Waals surface area contributed by atoms with Crippen molar-refractivity contribution in [3.05, 3.63) is 83.6 Å². The smallest absolute Gasteiger partial charge is 0.189 e. The minimum absolute atomic E-state index is 0.293. The summed E-state index contributed by atoms with van der Waals surface area (Å²) < 4.78 is 10.5. The number of hydroxylamine groups is 1. The molecule has 0 saturated carbocycles. The summed E-state index contributed by atoms with van der Waals surface area (Å²) in [6.07, 6.45) is 0. The highest BCUT2D eigenvalue weighted by Crippen LogP contribution is 2.51. The van der Waals surface area contributed by atoms with Crippen molar-refractivity contribution in [1.29, 1.82) is 0 Å². The zero-order valence-corrected chi connectivity index (χ0v) is 13.3. The normalized spacial score (nSPS) is 14.2. The van der Waals surface area contributed by atoms with Gasteiger partial charge in [0.1, 0.15) is 12.3 Å². The number of rotatable bonds is 3. The van der Waals surface area contributed by atoms with Crippen LogP contribution in [0.2, 0.25) is 0 Å². The van der Waals surface area contributed by atoms with Gasteiger partial charge in [0.05, 0.1) is 7.11 Å². The van der Waals surface area contributed by atoms with Crippen molar-refractivity contribution in [2.45, 2.75) is 6.54 Å². The Morgan fingerprint density at radius 2 is 1.38 bits per heavy atom. The van der Waals surface area contributed by atoms with Crippen molar-refractivity contribution in [1.82, 2.24) is 4.65 Å². The fourth-order valence-corrected chi connectivity index (χ4v) is 3.09. The van der Waals surface area contributed by atoms with Crippen LogP contribution in [0.3, 0.4) is 0 Å². The first-order chi connectivity index (χ1) is 11.7. The van der Waals surface area contributed by atoms with Crippen LogP contribution in [0.4, 0.5) is 11.4 Å². The quantitative estimate of drug-likeness (QED) is 0.496. The average Bonchev–Trinajstić information content (AvgIpc) is 2.63. The van der Waals surface area contributed by atoms with Gasteiger partial charge < -0.3 is 14.7 Å². The molecule has 1 heterocycles. The molecule has 120 valence electrons. The van der Waals surface area contributed by atoms with Gasteiger partial charge in [-0.1, -0.05) is 24.3 Å². The molecule has 0 saturated heterocycles. The predicted molar refractivity (Wildman–Crippen MR) is 94.5 cm³/mol. The number of hydrogen-bond donors (Lipinski definition) is 0. The Labute approximate surface area is 140 Å². The SMILES string of the molecule is COc1ccc(C[N+]2([O-])c3ccccc3Oc3ccccc32)cc1. The van der Waals surface area contributed by atoms with Crippen molar-refractivity contribution in [3.63, 3.8) is 0 Å². The molecule has 0 aromatic heterocycles. The molecular weight excluding hydrogens is 302 g/mol. The van der Waals surface area contributed by atoms with Gasteiger partial charge in [0.15, 0.2) is 22.9 Å². The van der Waals surface area contributed by atoms with Gasteiger partial charge in [0.2, 0.25) is 0 Å². The largest absolute Gasteiger partial charge is 0.621 e. The number of nitrogens with zero attached hydrogens (tertiary/aromatic N) is 1. The van der Waals surface area contributed by atoms with Crippen LogP contribution < -0.4 is 14.1 Å². The lowest BCUT2D eigenvalue weighted by atomic mass is 10.1. The molecule has 0 fully saturated rings. The molecule has 0 radical (unpaired) electrons. The maximum atomic E-state index is 13.9. The van der Waals surface area contributed by atoms with Crippen LogP contribution in [0.15, 0.2) is 72.8 Å². The monoisotopic (exact) mass is 319 g/mol. The van der Waals surface area contributed by atoms with E-state index < -0.39 is 4.65 Å². The zero-order valence-electron chi connectivity index (χ0n) is 13.3. The molecule has 1 aliphatic rings. The standard InChI is InChI=1S/C20H17NO3/c1-23-16-12-10-15(11-13-16)14-21(22)17-6-2-4-8-19(17)24-20-9-5-3-7-18(20)21/h2-13H,14H2,1H3. The highest BCUT2D eigenvalue weighted by Gasteiger charge is 2.35. The van der Waals surface area contributed by atoms with Crippen molar-refractivity contribution < 1.29 is 9.47 Å². The van der Waals surface area contributed by atoms with Gasteiger partial charge in [-0.05, 0) is 36.4 Å². The zero-order chi connectivity index (χ0) is 16.6. The topological polar surface area (TPSA) is 41.5 Å². The van der Waals surface area contributed by atoms with E-state index in [-0.39, 0.29) is 0 Å². The van der Waals surface area contributed by atoms with E-state index in [4.69, 9.17) is 9.47 Å². The molecule has 1 aliphatic heterocycles. The van der Waals surface area contributed by atoms with Crippen molar-refractivity contribution in [2.75, 3.05) is 7.11 Å². The molecule has 4 nitrogen and oxygen atoms in total. The summed E-state index contributed by atoms with van der Waals surface area (Å²) in [5.74, 6) is 2.00. The number of ether oxygens (including phenoxy) is 2. The van der Waals surface area contributed by atoms with Crippen LogP contribution in [0.1, 0.15) is 5.56 Å². The molecule has 0 unspecified atom stereocenters. The second-order valence-electron chi connectivity index (χ2n) is 5.78. The Morgan fingerprint density at radius 1 is 0.833 bits per heavy atom. The Morgan fingerprint density at radius 3 is 1.92 bits per heavy atom. The summed E-state index contributed by atoms with van der Waals surface area (Å²) >= 11 is 0. The average molecular weight is 319 g/mol. The van der Waals surface area contributed by atoms with Crippen molar-refractivity contribution in [2.24, 2.45) is 0 Å². The summed E-state index contributed by atoms with van der Waals surface area (Å²) in [4.78, 5) is 0. The first-order valence-electron chi connectivity index (χ1n) is 7.80. The molecular formula is C20H17NO3. The summed E-state index contributed by atoms with van der Waals surface area (Å²) in [5.41, 5.74) is 2.18. The van der Waals surface area contributed by atoms with Crippen LogP contribution in [-0.4, -0.2) is 7.11 Å². The van der Waals surface area contributed by atoms with E-state index in [0.717, 1.165) is 11.3 Å². The van der Waals surface area contributed by atoms with E-state index in [2.05, 4.69) is 0 Å². The van der Waals surface area contributed by atoms with Crippen LogP contribution in [0.5, 0.6) is 17.2 Å². The third kappa shape index (κ3) is 2.33. The summed E-state index contributed by atoms with van der Waals surface area (Å²) in [5, 5.41) is 13.9. The molecule has 0 atom stereocenters. The number of methoxy groups -OCH3 is 1. The van der Waals surface area contributed by atoms with Crippen LogP contribution in [0.25, 0.3) is 0 Å². The van der Waals surface area contributed by atoms with E-state index in [9.17, 15) is 5.21 Å². The van der Waals surface area contributed by atoms with Crippen molar-refractivity contribution >= 4 is 11.4 Å². The molecule has 0 amide bonds. The first kappa shape index (κ1) is 14.8. The Kier molecular flexibility index (Phi) is 3.49. The molecule has 0 aliphatic carbocycles. The van der Waals surface area contributed by atoms with Gasteiger partial charge in [0.25, 0.3) is 0 Å². The highest BCUT2D eigenvalue weighted by atomic mass is 16.6. The van der Waals surface area contributed by atoms with E-state index in [1.165, 1.54) is 0 Å². The molecule has 0 N–H and O–H groups in total. The Balaban J connectivity index is 1.82. The maximum absolute atomic E-state index is 13.9. The lowest BCUT2D eigenvalue weighted by molar-refractivity contribution is 0.393. The summed E-state index contributed by atoms with van der Waals surface area (Å²) in [7, 11) is 1.63. The van der Waals surface area contributed by atoms with Crippen molar-refractivity contribution in [3.8, 4) is 17.2 Å². The van der Waals surface area contributed by atoms with E-state index >= 15 is 0 Å². The van der Waals surface area contributed by atoms with Crippen LogP contribution in [0, 0.1) is 5.21 Å². The molecule has 24 heavy (non-hydrogen) atoms. The lowest BCUT2D eigenvalue weighted by Gasteiger charge is -2.45. The van der Waals surface area contributed by atoms with Crippen LogP contribution >= 0.6 is 0 Å². The van der Waals surface area contributed by atoms with Gasteiger partial charge >= 0.3 is 0 Å². The molecule has 0 bridgehead atoms. The predicted octanol–water partition coefficient (Wildman–Crippen LogP) is 5.14. The maximum Gasteiger partial charge on any atom is 0.189 e. The number of quaternary nitrogens is 1. The fraction of sp³-hybridized carbons (Fsp3) is 0.100. The summed E-state index contributed by atoms with van der Waals surface area (Å²) in [6, 6.07) is 22.4. The Hall–Kier alpha value is -2.82.